The van der Waals surface area contributed by atoms with Crippen LogP contribution in [0.15, 0.2) is 95.1 Å². The van der Waals surface area contributed by atoms with Crippen LogP contribution in [0.25, 0.3) is 17.0 Å². The summed E-state index contributed by atoms with van der Waals surface area (Å²) in [7, 11) is 0. The molecule has 1 N–H and O–H groups in total. The Kier molecular flexibility index (Phi) is 5.71. The SMILES string of the molecule is CC1=C(c2nc(-c3ccccc3)no2)C(c2cccc(F)c2)NC(=S)N1Cc1ccccc1. The Balaban J connectivity index is 1.61. The molecule has 4 aromatic rings. The molecule has 0 bridgehead atoms. The van der Waals surface area contributed by atoms with Crippen molar-refractivity contribution in [3.63, 3.8) is 0 Å². The van der Waals surface area contributed by atoms with Crippen LogP contribution >= 0.6 is 12.2 Å². The second kappa shape index (κ2) is 8.96. The first-order chi connectivity index (χ1) is 16.1. The van der Waals surface area contributed by atoms with Crippen molar-refractivity contribution in [2.75, 3.05) is 0 Å². The van der Waals surface area contributed by atoms with E-state index in [0.717, 1.165) is 28.0 Å². The molecule has 1 aliphatic rings. The van der Waals surface area contributed by atoms with Crippen LogP contribution in [0.4, 0.5) is 4.39 Å². The van der Waals surface area contributed by atoms with Crippen LogP contribution in [-0.4, -0.2) is 20.2 Å². The summed E-state index contributed by atoms with van der Waals surface area (Å²) in [5.74, 6) is 0.541. The van der Waals surface area contributed by atoms with E-state index in [1.54, 1.807) is 6.07 Å². The molecule has 5 nitrogen and oxygen atoms in total. The van der Waals surface area contributed by atoms with E-state index in [9.17, 15) is 4.39 Å². The second-order valence-electron chi connectivity index (χ2n) is 7.80. The molecule has 0 radical (unpaired) electrons. The zero-order valence-electron chi connectivity index (χ0n) is 17.9. The first kappa shape index (κ1) is 21.0. The second-order valence-corrected chi connectivity index (χ2v) is 8.18. The monoisotopic (exact) mass is 456 g/mol. The zero-order valence-corrected chi connectivity index (χ0v) is 18.7. The van der Waals surface area contributed by atoms with Crippen molar-refractivity contribution >= 4 is 22.9 Å². The molecule has 1 aliphatic heterocycles. The third-order valence-corrected chi connectivity index (χ3v) is 5.99. The van der Waals surface area contributed by atoms with Gasteiger partial charge in [0.2, 0.25) is 5.82 Å². The molecule has 33 heavy (non-hydrogen) atoms. The highest BCUT2D eigenvalue weighted by atomic mass is 32.1. The minimum atomic E-state index is -0.427. The number of aromatic nitrogens is 2. The number of nitrogens with zero attached hydrogens (tertiary/aromatic N) is 3. The quantitative estimate of drug-likeness (QED) is 0.387. The molecule has 1 aromatic heterocycles. The van der Waals surface area contributed by atoms with Crippen LogP contribution in [0.5, 0.6) is 0 Å². The fraction of sp³-hybridized carbons (Fsp3) is 0.115. The molecular weight excluding hydrogens is 435 g/mol. The molecule has 3 aromatic carbocycles. The standard InChI is InChI=1S/C26H21FN4OS/c1-17-22(25-29-24(30-32-25)19-11-6-3-7-12-19)23(20-13-8-14-21(27)15-20)28-26(33)31(17)16-18-9-4-2-5-10-18/h2-15,23H,16H2,1H3,(H,28,33). The average molecular weight is 457 g/mol. The molecule has 0 saturated carbocycles. The Hall–Kier alpha value is -3.84. The highest BCUT2D eigenvalue weighted by Crippen LogP contribution is 2.38. The molecule has 2 heterocycles. The van der Waals surface area contributed by atoms with E-state index in [0.29, 0.717) is 23.4 Å². The maximum Gasteiger partial charge on any atom is 0.258 e. The number of hydrogen-bond acceptors (Lipinski definition) is 4. The van der Waals surface area contributed by atoms with Gasteiger partial charge >= 0.3 is 0 Å². The fourth-order valence-corrected chi connectivity index (χ4v) is 4.31. The van der Waals surface area contributed by atoms with Crippen LogP contribution < -0.4 is 5.32 Å². The van der Waals surface area contributed by atoms with Crippen molar-refractivity contribution in [3.05, 3.63) is 113 Å². The maximum absolute atomic E-state index is 14.1. The Morgan fingerprint density at radius 2 is 1.73 bits per heavy atom. The number of allylic oxidation sites excluding steroid dienone is 1. The van der Waals surface area contributed by atoms with Crippen LogP contribution in [0.2, 0.25) is 0 Å². The normalized spacial score (nSPS) is 16.1. The Morgan fingerprint density at radius 1 is 1.00 bits per heavy atom. The molecular formula is C26H21FN4OS. The van der Waals surface area contributed by atoms with Crippen molar-refractivity contribution in [1.82, 2.24) is 20.4 Å². The van der Waals surface area contributed by atoms with Gasteiger partial charge in [-0.2, -0.15) is 4.98 Å². The molecule has 0 fully saturated rings. The average Bonchev–Trinajstić information content (AvgIpc) is 3.32. The summed E-state index contributed by atoms with van der Waals surface area (Å²) < 4.78 is 19.8. The molecule has 7 heteroatoms. The number of halogens is 1. The Labute approximate surface area is 196 Å². The molecule has 1 unspecified atom stereocenters. The predicted molar refractivity (Wildman–Crippen MR) is 129 cm³/mol. The summed E-state index contributed by atoms with van der Waals surface area (Å²) in [5, 5.41) is 8.11. The van der Waals surface area contributed by atoms with Gasteiger partial charge in [0.25, 0.3) is 5.89 Å². The first-order valence-electron chi connectivity index (χ1n) is 10.6. The smallest absolute Gasteiger partial charge is 0.258 e. The third kappa shape index (κ3) is 4.27. The lowest BCUT2D eigenvalue weighted by Gasteiger charge is -2.37. The summed E-state index contributed by atoms with van der Waals surface area (Å²) in [4.78, 5) is 6.68. The number of hydrogen-bond donors (Lipinski definition) is 1. The number of thiocarbonyl (C=S) groups is 1. The van der Waals surface area contributed by atoms with Gasteiger partial charge in [0, 0.05) is 17.8 Å². The lowest BCUT2D eigenvalue weighted by atomic mass is 9.94. The number of benzene rings is 3. The van der Waals surface area contributed by atoms with Gasteiger partial charge in [0.15, 0.2) is 5.11 Å². The largest absolute Gasteiger partial charge is 0.351 e. The van der Waals surface area contributed by atoms with Gasteiger partial charge < -0.3 is 14.7 Å². The lowest BCUT2D eigenvalue weighted by Crippen LogP contribution is -2.45. The van der Waals surface area contributed by atoms with Crippen molar-refractivity contribution in [2.24, 2.45) is 0 Å². The van der Waals surface area contributed by atoms with E-state index < -0.39 is 6.04 Å². The van der Waals surface area contributed by atoms with E-state index in [-0.39, 0.29) is 5.82 Å². The summed E-state index contributed by atoms with van der Waals surface area (Å²) in [6, 6.07) is 25.7. The highest BCUT2D eigenvalue weighted by molar-refractivity contribution is 7.80. The topological polar surface area (TPSA) is 54.2 Å². The zero-order chi connectivity index (χ0) is 22.8. The molecule has 0 aliphatic carbocycles. The third-order valence-electron chi connectivity index (χ3n) is 5.65. The Morgan fingerprint density at radius 3 is 2.45 bits per heavy atom. The minimum absolute atomic E-state index is 0.320. The Bertz CT molecular complexity index is 1320. The van der Waals surface area contributed by atoms with Gasteiger partial charge in [0.05, 0.1) is 11.6 Å². The molecule has 5 rings (SSSR count). The summed E-state index contributed by atoms with van der Waals surface area (Å²) >= 11 is 5.72. The molecule has 164 valence electrons. The van der Waals surface area contributed by atoms with Gasteiger partial charge in [-0.25, -0.2) is 4.39 Å². The van der Waals surface area contributed by atoms with E-state index in [4.69, 9.17) is 16.7 Å². The minimum Gasteiger partial charge on any atom is -0.351 e. The van der Waals surface area contributed by atoms with E-state index in [2.05, 4.69) is 27.6 Å². The number of rotatable bonds is 5. The molecule has 0 amide bonds. The van der Waals surface area contributed by atoms with Crippen molar-refractivity contribution < 1.29 is 8.91 Å². The molecule has 0 saturated heterocycles. The van der Waals surface area contributed by atoms with Gasteiger partial charge in [0.1, 0.15) is 5.82 Å². The fourth-order valence-electron chi connectivity index (χ4n) is 3.99. The molecule has 1 atom stereocenters. The summed E-state index contributed by atoms with van der Waals surface area (Å²) in [6.45, 7) is 2.56. The summed E-state index contributed by atoms with van der Waals surface area (Å²) in [6.07, 6.45) is 0. The van der Waals surface area contributed by atoms with Crippen LogP contribution in [-0.2, 0) is 6.54 Å². The summed E-state index contributed by atoms with van der Waals surface area (Å²) in [5.41, 5.74) is 4.33. The van der Waals surface area contributed by atoms with E-state index in [1.807, 2.05) is 66.4 Å². The van der Waals surface area contributed by atoms with Crippen molar-refractivity contribution in [2.45, 2.75) is 19.5 Å². The van der Waals surface area contributed by atoms with Crippen molar-refractivity contribution in [3.8, 4) is 11.4 Å². The highest BCUT2D eigenvalue weighted by Gasteiger charge is 2.34. The maximum atomic E-state index is 14.1. The van der Waals surface area contributed by atoms with Gasteiger partial charge in [-0.15, -0.1) is 0 Å². The molecule has 0 spiro atoms. The van der Waals surface area contributed by atoms with Crippen LogP contribution in [0.1, 0.15) is 30.0 Å². The predicted octanol–water partition coefficient (Wildman–Crippen LogP) is 5.74. The lowest BCUT2D eigenvalue weighted by molar-refractivity contribution is 0.396. The number of nitrogens with one attached hydrogen (secondary N) is 1. The van der Waals surface area contributed by atoms with Crippen molar-refractivity contribution in [1.29, 1.82) is 0 Å². The van der Waals surface area contributed by atoms with Gasteiger partial charge in [-0.05, 0) is 42.4 Å². The van der Waals surface area contributed by atoms with Crippen LogP contribution in [0, 0.1) is 5.82 Å². The van der Waals surface area contributed by atoms with Crippen LogP contribution in [0.3, 0.4) is 0 Å². The first-order valence-corrected chi connectivity index (χ1v) is 11.0. The van der Waals surface area contributed by atoms with Gasteiger partial charge in [-0.3, -0.25) is 0 Å². The van der Waals surface area contributed by atoms with Gasteiger partial charge in [-0.1, -0.05) is 78.0 Å². The van der Waals surface area contributed by atoms with E-state index >= 15 is 0 Å². The van der Waals surface area contributed by atoms with E-state index in [1.165, 1.54) is 12.1 Å².